The number of likely N-dealkylation sites (tertiary alicyclic amines) is 1. The zero-order chi connectivity index (χ0) is 27.8. The quantitative estimate of drug-likeness (QED) is 0.319. The average molecular weight is 519 g/mol. The summed E-state index contributed by atoms with van der Waals surface area (Å²) in [6.07, 6.45) is 0.939. The van der Waals surface area contributed by atoms with Gasteiger partial charge in [0.2, 0.25) is 0 Å². The van der Waals surface area contributed by atoms with Crippen LogP contribution >= 0.6 is 0 Å². The Kier molecular flexibility index (Phi) is 10.1. The van der Waals surface area contributed by atoms with Gasteiger partial charge >= 0.3 is 24.1 Å². The molecule has 1 saturated heterocycles. The molecule has 1 fully saturated rings. The minimum Gasteiger partial charge on any atom is -0.464 e. The molecule has 2 amide bonds. The first-order valence-corrected chi connectivity index (χ1v) is 12.2. The topological polar surface area (TPSA) is 120 Å². The van der Waals surface area contributed by atoms with Gasteiger partial charge in [-0.2, -0.15) is 0 Å². The molecule has 0 radical (unpaired) electrons. The first-order valence-electron chi connectivity index (χ1n) is 12.2. The number of esters is 2. The van der Waals surface area contributed by atoms with Gasteiger partial charge in [-0.3, -0.25) is 10.2 Å². The lowest BCUT2D eigenvalue weighted by molar-refractivity contribution is -0.160. The van der Waals surface area contributed by atoms with E-state index >= 15 is 0 Å². The van der Waals surface area contributed by atoms with Crippen molar-refractivity contribution in [3.05, 3.63) is 47.7 Å². The Hall–Kier alpha value is -3.56. The van der Waals surface area contributed by atoms with E-state index in [2.05, 4.69) is 5.32 Å². The van der Waals surface area contributed by atoms with Crippen LogP contribution in [-0.4, -0.2) is 59.4 Å². The number of hydrogen-bond acceptors (Lipinski definition) is 8. The zero-order valence-corrected chi connectivity index (χ0v) is 22.7. The van der Waals surface area contributed by atoms with Crippen LogP contribution in [-0.2, 0) is 35.1 Å². The van der Waals surface area contributed by atoms with Gasteiger partial charge in [-0.05, 0) is 66.4 Å². The molecule has 2 rings (SSSR count). The predicted octanol–water partition coefficient (Wildman–Crippen LogP) is 4.47. The summed E-state index contributed by atoms with van der Waals surface area (Å²) in [5.41, 5.74) is -0.828. The molecule has 1 aliphatic rings. The van der Waals surface area contributed by atoms with Crippen molar-refractivity contribution in [2.24, 2.45) is 0 Å². The summed E-state index contributed by atoms with van der Waals surface area (Å²) in [5, 5.41) is 2.40. The van der Waals surface area contributed by atoms with Gasteiger partial charge in [-0.1, -0.05) is 36.4 Å². The second-order valence-corrected chi connectivity index (χ2v) is 10.7. The molecule has 1 aliphatic heterocycles. The Morgan fingerprint density at radius 1 is 0.973 bits per heavy atom. The van der Waals surface area contributed by atoms with Crippen molar-refractivity contribution in [1.82, 2.24) is 10.2 Å². The summed E-state index contributed by atoms with van der Waals surface area (Å²) in [7, 11) is 1.19. The summed E-state index contributed by atoms with van der Waals surface area (Å²) in [6, 6.07) is 7.85. The van der Waals surface area contributed by atoms with Crippen LogP contribution in [0, 0.1) is 0 Å². The molecule has 204 valence electrons. The number of ether oxygens (including phenoxy) is 4. The number of hydrogen-bond donors (Lipinski definition) is 1. The third kappa shape index (κ3) is 9.78. The Morgan fingerprint density at radius 3 is 2.16 bits per heavy atom. The van der Waals surface area contributed by atoms with Gasteiger partial charge in [0.25, 0.3) is 0 Å². The molecule has 10 heteroatoms. The highest BCUT2D eigenvalue weighted by Gasteiger charge is 2.43. The third-order valence-corrected chi connectivity index (χ3v) is 5.23. The van der Waals surface area contributed by atoms with Crippen LogP contribution in [0.15, 0.2) is 42.1 Å². The minimum absolute atomic E-state index is 0.0351. The van der Waals surface area contributed by atoms with E-state index in [4.69, 9.17) is 18.9 Å². The fraction of sp³-hybridized carbons (Fsp3) is 0.556. The van der Waals surface area contributed by atoms with Crippen molar-refractivity contribution in [3.63, 3.8) is 0 Å². The lowest BCUT2D eigenvalue weighted by atomic mass is 10.1. The van der Waals surface area contributed by atoms with Crippen molar-refractivity contribution in [3.8, 4) is 0 Å². The van der Waals surface area contributed by atoms with Gasteiger partial charge in [-0.15, -0.1) is 0 Å². The van der Waals surface area contributed by atoms with Crippen molar-refractivity contribution in [2.45, 2.75) is 90.7 Å². The Balaban J connectivity index is 2.24. The van der Waals surface area contributed by atoms with Crippen LogP contribution in [0.2, 0.25) is 0 Å². The summed E-state index contributed by atoms with van der Waals surface area (Å²) in [5.74, 6) is -1.30. The molecule has 0 aromatic heterocycles. The van der Waals surface area contributed by atoms with E-state index in [-0.39, 0.29) is 18.7 Å². The molecule has 10 nitrogen and oxygen atoms in total. The van der Waals surface area contributed by atoms with Crippen LogP contribution in [0.1, 0.15) is 66.4 Å². The van der Waals surface area contributed by atoms with Crippen LogP contribution in [0.25, 0.3) is 0 Å². The van der Waals surface area contributed by atoms with Crippen LogP contribution < -0.4 is 5.32 Å². The standard InChI is InChI=1S/C27H38N2O8/c1-26(2,3)36-23(31)21-16-14-19(29(21)25(33)35-17-18-11-9-8-10-12-18)13-15-20(22(30)34-7)28-24(32)37-27(4,5)6/h8-12,15,19,21H,13-14,16-17H2,1-7H3,(H,28,32)/b20-15-/t19-,21+/m1/s1. The number of benzene rings is 1. The maximum Gasteiger partial charge on any atom is 0.412 e. The monoisotopic (exact) mass is 518 g/mol. The van der Waals surface area contributed by atoms with Crippen molar-refractivity contribution >= 4 is 24.1 Å². The Morgan fingerprint density at radius 2 is 1.59 bits per heavy atom. The first-order chi connectivity index (χ1) is 17.2. The van der Waals surface area contributed by atoms with E-state index in [0.717, 1.165) is 5.56 Å². The lowest BCUT2D eigenvalue weighted by Crippen LogP contribution is -2.47. The molecular weight excluding hydrogens is 480 g/mol. The maximum atomic E-state index is 13.2. The smallest absolute Gasteiger partial charge is 0.412 e. The van der Waals surface area contributed by atoms with E-state index in [9.17, 15) is 19.2 Å². The van der Waals surface area contributed by atoms with Gasteiger partial charge in [0.15, 0.2) is 0 Å². The van der Waals surface area contributed by atoms with Crippen molar-refractivity contribution in [2.75, 3.05) is 7.11 Å². The number of nitrogens with one attached hydrogen (secondary N) is 1. The molecule has 37 heavy (non-hydrogen) atoms. The van der Waals surface area contributed by atoms with E-state index in [1.165, 1.54) is 18.1 Å². The van der Waals surface area contributed by atoms with Gasteiger partial charge < -0.3 is 18.9 Å². The summed E-state index contributed by atoms with van der Waals surface area (Å²) >= 11 is 0. The van der Waals surface area contributed by atoms with Gasteiger partial charge in [0, 0.05) is 6.04 Å². The number of rotatable bonds is 7. The molecule has 0 unspecified atom stereocenters. The van der Waals surface area contributed by atoms with E-state index in [1.54, 1.807) is 41.5 Å². The second kappa shape index (κ2) is 12.6. The molecular formula is C27H38N2O8. The van der Waals surface area contributed by atoms with E-state index in [0.29, 0.717) is 12.8 Å². The molecule has 1 heterocycles. The summed E-state index contributed by atoms with van der Waals surface area (Å²) in [6.45, 7) is 10.4. The molecule has 1 aromatic rings. The fourth-order valence-electron chi connectivity index (χ4n) is 3.75. The van der Waals surface area contributed by atoms with Gasteiger partial charge in [0.1, 0.15) is 29.5 Å². The highest BCUT2D eigenvalue weighted by atomic mass is 16.6. The zero-order valence-electron chi connectivity index (χ0n) is 22.7. The van der Waals surface area contributed by atoms with Crippen molar-refractivity contribution < 1.29 is 38.1 Å². The second-order valence-electron chi connectivity index (χ2n) is 10.7. The Labute approximate surface area is 218 Å². The summed E-state index contributed by atoms with van der Waals surface area (Å²) < 4.78 is 21.1. The molecule has 0 aliphatic carbocycles. The Bertz CT molecular complexity index is 992. The molecule has 2 atom stereocenters. The summed E-state index contributed by atoms with van der Waals surface area (Å²) in [4.78, 5) is 52.0. The van der Waals surface area contributed by atoms with Gasteiger partial charge in [-0.25, -0.2) is 19.2 Å². The van der Waals surface area contributed by atoms with Gasteiger partial charge in [0.05, 0.1) is 7.11 Å². The molecule has 1 aromatic carbocycles. The molecule has 1 N–H and O–H groups in total. The van der Waals surface area contributed by atoms with E-state index < -0.39 is 47.4 Å². The minimum atomic E-state index is -0.846. The first kappa shape index (κ1) is 29.7. The molecule has 0 bridgehead atoms. The number of nitrogens with zero attached hydrogens (tertiary/aromatic N) is 1. The predicted molar refractivity (Wildman–Crippen MR) is 135 cm³/mol. The van der Waals surface area contributed by atoms with Crippen LogP contribution in [0.4, 0.5) is 9.59 Å². The highest BCUT2D eigenvalue weighted by Crippen LogP contribution is 2.30. The fourth-order valence-corrected chi connectivity index (χ4v) is 3.75. The third-order valence-electron chi connectivity index (χ3n) is 5.23. The number of alkyl carbamates (subject to hydrolysis) is 1. The maximum absolute atomic E-state index is 13.2. The number of amides is 2. The average Bonchev–Trinajstić information content (AvgIpc) is 3.22. The number of methoxy groups -OCH3 is 1. The SMILES string of the molecule is COC(=O)/C(=C/C[C@@H]1CC[C@@H](C(=O)OC(C)(C)C)N1C(=O)OCc1ccccc1)NC(=O)OC(C)(C)C. The van der Waals surface area contributed by atoms with Crippen LogP contribution in [0.3, 0.4) is 0 Å². The van der Waals surface area contributed by atoms with E-state index in [1.807, 2.05) is 30.3 Å². The van der Waals surface area contributed by atoms with Crippen LogP contribution in [0.5, 0.6) is 0 Å². The lowest BCUT2D eigenvalue weighted by Gasteiger charge is -2.30. The normalized spacial score (nSPS) is 18.1. The van der Waals surface area contributed by atoms with Crippen molar-refractivity contribution in [1.29, 1.82) is 0 Å². The number of carbonyl (C=O) groups excluding carboxylic acids is 4. The molecule has 0 saturated carbocycles. The number of carbonyl (C=O) groups is 4. The highest BCUT2D eigenvalue weighted by molar-refractivity contribution is 5.92. The largest absolute Gasteiger partial charge is 0.464 e. The molecule has 0 spiro atoms.